The summed E-state index contributed by atoms with van der Waals surface area (Å²) in [7, 11) is 0. The molecule has 0 saturated carbocycles. The summed E-state index contributed by atoms with van der Waals surface area (Å²) in [4.78, 5) is 26.1. The van der Waals surface area contributed by atoms with E-state index in [2.05, 4.69) is 0 Å². The Hall–Kier alpha value is -3.01. The Morgan fingerprint density at radius 2 is 1.83 bits per heavy atom. The Morgan fingerprint density at radius 1 is 1.13 bits per heavy atom. The smallest absolute Gasteiger partial charge is 0.416 e. The fraction of sp³-hybridized carbons (Fsp3) is 0.316. The van der Waals surface area contributed by atoms with Crippen LogP contribution in [0.1, 0.15) is 5.56 Å². The van der Waals surface area contributed by atoms with Gasteiger partial charge in [-0.05, 0) is 30.3 Å². The molecule has 0 bridgehead atoms. The molecule has 0 unspecified atom stereocenters. The van der Waals surface area contributed by atoms with E-state index in [0.717, 1.165) is 18.2 Å². The number of piperazine rings is 1. The highest BCUT2D eigenvalue weighted by atomic mass is 35.5. The number of halogens is 4. The largest absolute Gasteiger partial charge is 0.477 e. The number of amides is 1. The van der Waals surface area contributed by atoms with Gasteiger partial charge in [0.15, 0.2) is 12.4 Å². The van der Waals surface area contributed by atoms with Gasteiger partial charge in [-0.15, -0.1) is 0 Å². The fourth-order valence-corrected chi connectivity index (χ4v) is 3.25. The molecule has 1 fully saturated rings. The van der Waals surface area contributed by atoms with Crippen molar-refractivity contribution in [3.63, 3.8) is 0 Å². The fourth-order valence-electron chi connectivity index (χ4n) is 3.08. The molecule has 7 nitrogen and oxygen atoms in total. The zero-order valence-electron chi connectivity index (χ0n) is 15.6. The lowest BCUT2D eigenvalue weighted by molar-refractivity contribution is -0.385. The molecule has 0 aliphatic carbocycles. The van der Waals surface area contributed by atoms with Gasteiger partial charge in [0.2, 0.25) is 0 Å². The molecular weight excluding hydrogens is 427 g/mol. The van der Waals surface area contributed by atoms with Crippen LogP contribution in [-0.4, -0.2) is 48.5 Å². The van der Waals surface area contributed by atoms with Crippen LogP contribution in [0.2, 0.25) is 5.02 Å². The van der Waals surface area contributed by atoms with Gasteiger partial charge in [0.1, 0.15) is 0 Å². The van der Waals surface area contributed by atoms with Gasteiger partial charge in [-0.2, -0.15) is 13.2 Å². The molecule has 0 atom stereocenters. The van der Waals surface area contributed by atoms with Crippen molar-refractivity contribution in [3.8, 4) is 5.75 Å². The number of carbonyl (C=O) groups is 1. The summed E-state index contributed by atoms with van der Waals surface area (Å²) in [5, 5.41) is 11.2. The van der Waals surface area contributed by atoms with Gasteiger partial charge >= 0.3 is 11.9 Å². The number of nitrogens with zero attached hydrogens (tertiary/aromatic N) is 3. The van der Waals surface area contributed by atoms with Crippen molar-refractivity contribution in [2.24, 2.45) is 0 Å². The van der Waals surface area contributed by atoms with Crippen molar-refractivity contribution in [1.82, 2.24) is 4.90 Å². The number of anilines is 1. The van der Waals surface area contributed by atoms with E-state index in [-0.39, 0.29) is 22.4 Å². The van der Waals surface area contributed by atoms with Gasteiger partial charge < -0.3 is 14.5 Å². The number of nitro groups is 1. The molecule has 0 N–H and O–H groups in total. The highest BCUT2D eigenvalue weighted by Crippen LogP contribution is 2.32. The Kier molecular flexibility index (Phi) is 6.35. The summed E-state index contributed by atoms with van der Waals surface area (Å²) in [6.07, 6.45) is -4.42. The predicted octanol–water partition coefficient (Wildman–Crippen LogP) is 3.99. The maximum absolute atomic E-state index is 12.9. The SMILES string of the molecule is O=C(COc1ccc(Cl)cc1[N+](=O)[O-])N1CCN(c2cccc(C(F)(F)F)c2)CC1. The summed E-state index contributed by atoms with van der Waals surface area (Å²) < 4.78 is 44.0. The number of alkyl halides is 3. The van der Waals surface area contributed by atoms with Crippen LogP contribution in [0.5, 0.6) is 5.75 Å². The zero-order valence-corrected chi connectivity index (χ0v) is 16.3. The molecule has 1 saturated heterocycles. The number of hydrogen-bond acceptors (Lipinski definition) is 5. The first-order valence-corrected chi connectivity index (χ1v) is 9.29. The molecule has 1 aliphatic heterocycles. The van der Waals surface area contributed by atoms with Crippen LogP contribution in [-0.2, 0) is 11.0 Å². The van der Waals surface area contributed by atoms with Gasteiger partial charge in [-0.3, -0.25) is 14.9 Å². The molecule has 160 valence electrons. The molecule has 0 radical (unpaired) electrons. The molecule has 11 heteroatoms. The Bertz CT molecular complexity index is 947. The molecule has 0 spiro atoms. The summed E-state index contributed by atoms with van der Waals surface area (Å²) in [6, 6.07) is 8.91. The number of nitro benzene ring substituents is 1. The van der Waals surface area contributed by atoms with Crippen molar-refractivity contribution in [1.29, 1.82) is 0 Å². The minimum Gasteiger partial charge on any atom is -0.477 e. The van der Waals surface area contributed by atoms with Crippen molar-refractivity contribution in [3.05, 3.63) is 63.2 Å². The normalized spacial score (nSPS) is 14.5. The van der Waals surface area contributed by atoms with E-state index in [0.29, 0.717) is 31.9 Å². The Balaban J connectivity index is 1.57. The first-order chi connectivity index (χ1) is 14.1. The highest BCUT2D eigenvalue weighted by molar-refractivity contribution is 6.30. The van der Waals surface area contributed by atoms with Crippen LogP contribution >= 0.6 is 11.6 Å². The number of rotatable bonds is 5. The molecule has 1 heterocycles. The number of carbonyl (C=O) groups excluding carboxylic acids is 1. The van der Waals surface area contributed by atoms with Crippen LogP contribution in [0.4, 0.5) is 24.5 Å². The molecule has 30 heavy (non-hydrogen) atoms. The second kappa shape index (κ2) is 8.78. The summed E-state index contributed by atoms with van der Waals surface area (Å²) in [5.41, 5.74) is -0.633. The van der Waals surface area contributed by atoms with Crippen molar-refractivity contribution < 1.29 is 27.6 Å². The molecule has 2 aromatic carbocycles. The number of benzene rings is 2. The molecule has 1 amide bonds. The van der Waals surface area contributed by atoms with E-state index in [1.807, 2.05) is 0 Å². The van der Waals surface area contributed by atoms with Crippen LogP contribution in [0.15, 0.2) is 42.5 Å². The Morgan fingerprint density at radius 3 is 2.47 bits per heavy atom. The topological polar surface area (TPSA) is 75.9 Å². The Labute approximate surface area is 174 Å². The monoisotopic (exact) mass is 443 g/mol. The number of ether oxygens (including phenoxy) is 1. The van der Waals surface area contributed by atoms with E-state index in [4.69, 9.17) is 16.3 Å². The minimum atomic E-state index is -4.42. The minimum absolute atomic E-state index is 0.0691. The summed E-state index contributed by atoms with van der Waals surface area (Å²) in [5.74, 6) is -0.441. The number of hydrogen-bond donors (Lipinski definition) is 0. The van der Waals surface area contributed by atoms with Gasteiger partial charge in [-0.25, -0.2) is 0 Å². The van der Waals surface area contributed by atoms with Crippen molar-refractivity contribution >= 4 is 28.9 Å². The molecule has 0 aromatic heterocycles. The lowest BCUT2D eigenvalue weighted by atomic mass is 10.1. The second-order valence-electron chi connectivity index (χ2n) is 6.57. The average Bonchev–Trinajstić information content (AvgIpc) is 2.72. The summed E-state index contributed by atoms with van der Waals surface area (Å²) in [6.45, 7) is 0.899. The standard InChI is InChI=1S/C19H17ClF3N3O4/c20-14-4-5-17(16(11-14)26(28)29)30-12-18(27)25-8-6-24(7-9-25)15-3-1-2-13(10-15)19(21,22)23/h1-5,10-11H,6-9,12H2. The van der Waals surface area contributed by atoms with Crippen molar-refractivity contribution in [2.45, 2.75) is 6.18 Å². The molecular formula is C19H17ClF3N3O4. The summed E-state index contributed by atoms with van der Waals surface area (Å²) >= 11 is 5.74. The molecule has 2 aromatic rings. The first-order valence-electron chi connectivity index (χ1n) is 8.92. The van der Waals surface area contributed by atoms with E-state index in [1.165, 1.54) is 23.1 Å². The third kappa shape index (κ3) is 5.12. The van der Waals surface area contributed by atoms with Gasteiger partial charge in [0.05, 0.1) is 10.5 Å². The molecule has 3 rings (SSSR count). The zero-order chi connectivity index (χ0) is 21.9. The van der Waals surface area contributed by atoms with Crippen LogP contribution < -0.4 is 9.64 Å². The van der Waals surface area contributed by atoms with Crippen LogP contribution in [0, 0.1) is 10.1 Å². The predicted molar refractivity (Wildman–Crippen MR) is 104 cm³/mol. The lowest BCUT2D eigenvalue weighted by Crippen LogP contribution is -2.50. The van der Waals surface area contributed by atoms with Crippen LogP contribution in [0.3, 0.4) is 0 Å². The second-order valence-corrected chi connectivity index (χ2v) is 7.01. The lowest BCUT2D eigenvalue weighted by Gasteiger charge is -2.36. The third-order valence-corrected chi connectivity index (χ3v) is 4.87. The average molecular weight is 444 g/mol. The van der Waals surface area contributed by atoms with Crippen molar-refractivity contribution in [2.75, 3.05) is 37.7 Å². The van der Waals surface area contributed by atoms with Gasteiger partial charge in [0.25, 0.3) is 5.91 Å². The van der Waals surface area contributed by atoms with E-state index < -0.39 is 23.3 Å². The molecule has 1 aliphatic rings. The van der Waals surface area contributed by atoms with E-state index in [9.17, 15) is 28.1 Å². The highest BCUT2D eigenvalue weighted by Gasteiger charge is 2.31. The van der Waals surface area contributed by atoms with E-state index in [1.54, 1.807) is 11.0 Å². The maximum atomic E-state index is 12.9. The quantitative estimate of drug-likeness (QED) is 0.516. The van der Waals surface area contributed by atoms with Crippen LogP contribution in [0.25, 0.3) is 0 Å². The third-order valence-electron chi connectivity index (χ3n) is 4.64. The van der Waals surface area contributed by atoms with E-state index >= 15 is 0 Å². The van der Waals surface area contributed by atoms with Gasteiger partial charge in [-0.1, -0.05) is 17.7 Å². The first kappa shape index (κ1) is 21.7. The van der Waals surface area contributed by atoms with Gasteiger partial charge in [0, 0.05) is 43.0 Å². The maximum Gasteiger partial charge on any atom is 0.416 e.